The van der Waals surface area contributed by atoms with Crippen LogP contribution in [0.3, 0.4) is 0 Å². The third-order valence-corrected chi connectivity index (χ3v) is 4.50. The van der Waals surface area contributed by atoms with Crippen molar-refractivity contribution >= 4 is 23.0 Å². The highest BCUT2D eigenvalue weighted by molar-refractivity contribution is 9.10. The lowest BCUT2D eigenvalue weighted by Gasteiger charge is -2.32. The van der Waals surface area contributed by atoms with Crippen LogP contribution in [0.5, 0.6) is 0 Å². The van der Waals surface area contributed by atoms with Gasteiger partial charge in [-0.1, -0.05) is 6.07 Å². The summed E-state index contributed by atoms with van der Waals surface area (Å²) in [7, 11) is -0.539. The number of benzene rings is 1. The lowest BCUT2D eigenvalue weighted by Crippen LogP contribution is -2.41. The van der Waals surface area contributed by atoms with E-state index >= 15 is 0 Å². The first kappa shape index (κ1) is 15.0. The van der Waals surface area contributed by atoms with Gasteiger partial charge in [-0.2, -0.15) is 0 Å². The topological polar surface area (TPSA) is 44.5 Å². The van der Waals surface area contributed by atoms with Crippen LogP contribution in [0, 0.1) is 5.82 Å². The van der Waals surface area contributed by atoms with Crippen molar-refractivity contribution in [2.75, 3.05) is 0 Å². The van der Waals surface area contributed by atoms with E-state index in [4.69, 9.17) is 15.0 Å². The molecule has 1 aromatic carbocycles. The maximum atomic E-state index is 13.2. The molecule has 0 aliphatic carbocycles. The van der Waals surface area contributed by atoms with Crippen LogP contribution in [0.4, 0.5) is 4.39 Å². The highest BCUT2D eigenvalue weighted by atomic mass is 79.9. The molecule has 104 valence electrons. The monoisotopic (exact) mass is 329 g/mol. The molecule has 3 nitrogen and oxygen atoms in total. The van der Waals surface area contributed by atoms with E-state index in [2.05, 4.69) is 15.9 Å². The highest BCUT2D eigenvalue weighted by Gasteiger charge is 2.53. The van der Waals surface area contributed by atoms with Gasteiger partial charge in [-0.3, -0.25) is 0 Å². The molecule has 1 aliphatic heterocycles. The van der Waals surface area contributed by atoms with E-state index in [0.29, 0.717) is 4.47 Å². The fourth-order valence-electron chi connectivity index (χ4n) is 1.91. The Labute approximate surface area is 121 Å². The zero-order valence-electron chi connectivity index (χ0n) is 11.5. The molecule has 0 radical (unpaired) electrons. The Bertz CT molecular complexity index is 480. The van der Waals surface area contributed by atoms with Crippen molar-refractivity contribution in [3.8, 4) is 0 Å². The summed E-state index contributed by atoms with van der Waals surface area (Å²) < 4.78 is 25.4. The quantitative estimate of drug-likeness (QED) is 0.847. The Morgan fingerprint density at radius 3 is 2.21 bits per heavy atom. The zero-order valence-corrected chi connectivity index (χ0v) is 13.1. The third kappa shape index (κ3) is 2.72. The molecule has 6 heteroatoms. The normalized spacial score (nSPS) is 22.6. The van der Waals surface area contributed by atoms with E-state index in [0.717, 1.165) is 5.56 Å². The maximum Gasteiger partial charge on any atom is 0.480 e. The lowest BCUT2D eigenvalue weighted by molar-refractivity contribution is 0.00578. The van der Waals surface area contributed by atoms with Crippen LogP contribution in [-0.2, 0) is 9.31 Å². The predicted octanol–water partition coefficient (Wildman–Crippen LogP) is 3.22. The summed E-state index contributed by atoms with van der Waals surface area (Å²) in [6, 6.07) is 4.69. The second kappa shape index (κ2) is 4.84. The van der Waals surface area contributed by atoms with Gasteiger partial charge in [-0.05, 0) is 61.3 Å². The number of halogens is 2. The number of nitrogens with two attached hydrogens (primary N) is 1. The van der Waals surface area contributed by atoms with Gasteiger partial charge >= 0.3 is 7.12 Å². The Balaban J connectivity index is 2.22. The highest BCUT2D eigenvalue weighted by Crippen LogP contribution is 2.39. The first-order valence-corrected chi connectivity index (χ1v) is 6.99. The van der Waals surface area contributed by atoms with Crippen LogP contribution in [0.25, 0.3) is 0 Å². The zero-order chi connectivity index (χ0) is 14.4. The largest absolute Gasteiger partial charge is 0.480 e. The van der Waals surface area contributed by atoms with Crippen LogP contribution in [0.2, 0.25) is 0 Å². The first-order valence-electron chi connectivity index (χ1n) is 6.20. The molecule has 1 aliphatic rings. The standard InChI is InChI=1S/C13H18BBrFNO2/c1-12(2)13(3,4)19-14(18-12)11(17)8-5-6-10(16)9(15)7-8/h5-7,11H,17H2,1-4H3/t11-/m1/s1. The van der Waals surface area contributed by atoms with E-state index in [1.54, 1.807) is 12.1 Å². The lowest BCUT2D eigenvalue weighted by atomic mass is 9.75. The molecule has 0 saturated carbocycles. The molecule has 1 heterocycles. The van der Waals surface area contributed by atoms with Gasteiger partial charge in [-0.15, -0.1) is 0 Å². The maximum absolute atomic E-state index is 13.2. The molecular formula is C13H18BBrFNO2. The Kier molecular flexibility index (Phi) is 3.82. The molecular weight excluding hydrogens is 312 g/mol. The number of hydrogen-bond acceptors (Lipinski definition) is 3. The van der Waals surface area contributed by atoms with Gasteiger partial charge in [0.2, 0.25) is 0 Å². The average Bonchev–Trinajstić information content (AvgIpc) is 2.51. The Morgan fingerprint density at radius 1 is 1.21 bits per heavy atom. The second-order valence-electron chi connectivity index (χ2n) is 5.82. The van der Waals surface area contributed by atoms with Crippen molar-refractivity contribution < 1.29 is 13.7 Å². The minimum atomic E-state index is -0.539. The molecule has 1 aromatic rings. The van der Waals surface area contributed by atoms with Crippen LogP contribution in [0.1, 0.15) is 39.2 Å². The molecule has 0 bridgehead atoms. The van der Waals surface area contributed by atoms with E-state index in [9.17, 15) is 4.39 Å². The van der Waals surface area contributed by atoms with Crippen LogP contribution in [0.15, 0.2) is 22.7 Å². The Morgan fingerprint density at radius 2 is 1.74 bits per heavy atom. The van der Waals surface area contributed by atoms with Crippen molar-refractivity contribution in [1.82, 2.24) is 0 Å². The van der Waals surface area contributed by atoms with Gasteiger partial charge in [0.1, 0.15) is 5.82 Å². The molecule has 1 atom stereocenters. The summed E-state index contributed by atoms with van der Waals surface area (Å²) in [5, 5.41) is 0. The van der Waals surface area contributed by atoms with Crippen molar-refractivity contribution in [3.63, 3.8) is 0 Å². The summed E-state index contributed by atoms with van der Waals surface area (Å²) >= 11 is 3.16. The van der Waals surface area contributed by atoms with E-state index in [-0.39, 0.29) is 5.82 Å². The van der Waals surface area contributed by atoms with Gasteiger partial charge in [-0.25, -0.2) is 4.39 Å². The average molecular weight is 330 g/mol. The van der Waals surface area contributed by atoms with Crippen molar-refractivity contribution in [3.05, 3.63) is 34.1 Å². The summed E-state index contributed by atoms with van der Waals surface area (Å²) in [6.45, 7) is 7.89. The molecule has 0 unspecified atom stereocenters. The van der Waals surface area contributed by atoms with Crippen molar-refractivity contribution in [2.45, 2.75) is 44.8 Å². The third-order valence-electron chi connectivity index (χ3n) is 3.89. The summed E-state index contributed by atoms with van der Waals surface area (Å²) in [5.41, 5.74) is 6.09. The molecule has 0 spiro atoms. The molecule has 1 saturated heterocycles. The molecule has 0 amide bonds. The first-order chi connectivity index (χ1) is 8.64. The van der Waals surface area contributed by atoms with E-state index in [1.807, 2.05) is 27.7 Å². The summed E-state index contributed by atoms with van der Waals surface area (Å²) in [6.07, 6.45) is 0. The molecule has 19 heavy (non-hydrogen) atoms. The fraction of sp³-hybridized carbons (Fsp3) is 0.538. The minimum Gasteiger partial charge on any atom is -0.402 e. The molecule has 2 rings (SSSR count). The van der Waals surface area contributed by atoms with Gasteiger partial charge in [0.25, 0.3) is 0 Å². The van der Waals surface area contributed by atoms with Gasteiger partial charge in [0.05, 0.1) is 21.6 Å². The number of rotatable bonds is 2. The summed E-state index contributed by atoms with van der Waals surface area (Å²) in [5.74, 6) is -0.775. The molecule has 1 fully saturated rings. The van der Waals surface area contributed by atoms with Crippen LogP contribution < -0.4 is 5.73 Å². The summed E-state index contributed by atoms with van der Waals surface area (Å²) in [4.78, 5) is 0. The van der Waals surface area contributed by atoms with Crippen molar-refractivity contribution in [2.24, 2.45) is 5.73 Å². The smallest absolute Gasteiger partial charge is 0.402 e. The minimum absolute atomic E-state index is 0.315. The van der Waals surface area contributed by atoms with Gasteiger partial charge < -0.3 is 15.0 Å². The Hall–Kier alpha value is -0.425. The van der Waals surface area contributed by atoms with Crippen molar-refractivity contribution in [1.29, 1.82) is 0 Å². The van der Waals surface area contributed by atoms with Crippen LogP contribution >= 0.6 is 15.9 Å². The van der Waals surface area contributed by atoms with E-state index in [1.165, 1.54) is 6.07 Å². The number of hydrogen-bond donors (Lipinski definition) is 1. The van der Waals surface area contributed by atoms with Gasteiger partial charge in [0.15, 0.2) is 0 Å². The predicted molar refractivity (Wildman–Crippen MR) is 77.1 cm³/mol. The second-order valence-corrected chi connectivity index (χ2v) is 6.68. The molecule has 0 aromatic heterocycles. The molecule has 2 N–H and O–H groups in total. The van der Waals surface area contributed by atoms with Crippen LogP contribution in [-0.4, -0.2) is 18.3 Å². The van der Waals surface area contributed by atoms with Gasteiger partial charge in [0, 0.05) is 0 Å². The van der Waals surface area contributed by atoms with E-state index < -0.39 is 24.3 Å². The SMILES string of the molecule is CC1(C)OB([C@H](N)c2ccc(F)c(Br)c2)OC1(C)C. The fourth-order valence-corrected chi connectivity index (χ4v) is 2.31.